The molecule has 1 atom stereocenters. The molecular weight excluding hydrogens is 410 g/mol. The van der Waals surface area contributed by atoms with Gasteiger partial charge in [-0.1, -0.05) is 34.1 Å². The zero-order valence-corrected chi connectivity index (χ0v) is 16.9. The van der Waals surface area contributed by atoms with Crippen LogP contribution >= 0.6 is 15.9 Å². The first-order chi connectivity index (χ1) is 12.7. The Morgan fingerprint density at radius 1 is 1.15 bits per heavy atom. The number of carbonyl (C=O) groups is 3. The predicted octanol–water partition coefficient (Wildman–Crippen LogP) is 3.47. The van der Waals surface area contributed by atoms with Gasteiger partial charge in [0.05, 0.1) is 0 Å². The van der Waals surface area contributed by atoms with Gasteiger partial charge in [-0.3, -0.25) is 14.5 Å². The number of nitrogens with zero attached hydrogens (tertiary/aromatic N) is 1. The molecule has 1 fully saturated rings. The second-order valence-electron chi connectivity index (χ2n) is 6.88. The summed E-state index contributed by atoms with van der Waals surface area (Å²) in [5, 5.41) is 5.45. The summed E-state index contributed by atoms with van der Waals surface area (Å²) >= 11 is 3.37. The first-order valence-electron chi connectivity index (χ1n) is 8.47. The minimum absolute atomic E-state index is 0.346. The van der Waals surface area contributed by atoms with Gasteiger partial charge in [-0.15, -0.1) is 0 Å². The molecule has 0 aliphatic carbocycles. The van der Waals surface area contributed by atoms with Crippen molar-refractivity contribution in [3.05, 3.63) is 63.6 Å². The van der Waals surface area contributed by atoms with E-state index in [1.165, 1.54) is 0 Å². The molecule has 1 saturated heterocycles. The summed E-state index contributed by atoms with van der Waals surface area (Å²) in [6, 6.07) is 12.3. The molecule has 0 saturated carbocycles. The molecular formula is C20H20BrN3O3. The number of urea groups is 1. The van der Waals surface area contributed by atoms with E-state index in [0.717, 1.165) is 20.5 Å². The Morgan fingerprint density at radius 2 is 1.81 bits per heavy atom. The molecule has 0 bridgehead atoms. The van der Waals surface area contributed by atoms with E-state index in [-0.39, 0.29) is 6.54 Å². The van der Waals surface area contributed by atoms with Crippen LogP contribution in [0.4, 0.5) is 10.5 Å². The van der Waals surface area contributed by atoms with E-state index in [1.807, 2.05) is 38.1 Å². The molecule has 2 aromatic carbocycles. The number of nitrogens with one attached hydrogen (secondary N) is 2. The fraction of sp³-hybridized carbons (Fsp3) is 0.250. The highest BCUT2D eigenvalue weighted by atomic mass is 79.9. The SMILES string of the molecule is Cc1cc(C)cc(NC(=O)CN2C(=O)N[C@](C)(c3cccc(Br)c3)C2=O)c1. The maximum atomic E-state index is 12.9. The van der Waals surface area contributed by atoms with Gasteiger partial charge < -0.3 is 10.6 Å². The number of anilines is 1. The van der Waals surface area contributed by atoms with Crippen molar-refractivity contribution < 1.29 is 14.4 Å². The standard InChI is InChI=1S/C20H20BrN3O3/c1-12-7-13(2)9-16(8-12)22-17(25)11-24-18(26)20(3,23-19(24)27)14-5-4-6-15(21)10-14/h4-10H,11H2,1-3H3,(H,22,25)(H,23,27)/t20-/m1/s1. The predicted molar refractivity (Wildman–Crippen MR) is 106 cm³/mol. The first kappa shape index (κ1) is 19.1. The minimum atomic E-state index is -1.21. The number of hydrogen-bond donors (Lipinski definition) is 2. The molecule has 2 N–H and O–H groups in total. The molecule has 0 spiro atoms. The Bertz CT molecular complexity index is 924. The van der Waals surface area contributed by atoms with Gasteiger partial charge in [0.25, 0.3) is 5.91 Å². The van der Waals surface area contributed by atoms with Crippen molar-refractivity contribution in [3.63, 3.8) is 0 Å². The normalized spacial score (nSPS) is 19.2. The summed E-state index contributed by atoms with van der Waals surface area (Å²) in [6.07, 6.45) is 0. The van der Waals surface area contributed by atoms with Gasteiger partial charge in [0.2, 0.25) is 5.91 Å². The quantitative estimate of drug-likeness (QED) is 0.730. The van der Waals surface area contributed by atoms with Crippen molar-refractivity contribution in [2.24, 2.45) is 0 Å². The van der Waals surface area contributed by atoms with E-state index in [2.05, 4.69) is 26.6 Å². The third-order valence-corrected chi connectivity index (χ3v) is 4.98. The van der Waals surface area contributed by atoms with Crippen molar-refractivity contribution in [3.8, 4) is 0 Å². The molecule has 0 radical (unpaired) electrons. The van der Waals surface area contributed by atoms with E-state index >= 15 is 0 Å². The van der Waals surface area contributed by atoms with Gasteiger partial charge in [0.1, 0.15) is 12.1 Å². The number of halogens is 1. The zero-order chi connectivity index (χ0) is 19.8. The largest absolute Gasteiger partial charge is 0.325 e. The monoisotopic (exact) mass is 429 g/mol. The van der Waals surface area contributed by atoms with Crippen LogP contribution in [0.5, 0.6) is 0 Å². The van der Waals surface area contributed by atoms with E-state index in [0.29, 0.717) is 11.3 Å². The number of carbonyl (C=O) groups excluding carboxylic acids is 3. The van der Waals surface area contributed by atoms with Crippen molar-refractivity contribution >= 4 is 39.5 Å². The third kappa shape index (κ3) is 3.88. The molecule has 1 heterocycles. The Balaban J connectivity index is 1.76. The van der Waals surface area contributed by atoms with Crippen molar-refractivity contribution in [2.75, 3.05) is 11.9 Å². The van der Waals surface area contributed by atoms with Gasteiger partial charge in [0, 0.05) is 10.2 Å². The van der Waals surface area contributed by atoms with Crippen LogP contribution < -0.4 is 10.6 Å². The molecule has 3 rings (SSSR count). The number of imide groups is 1. The summed E-state index contributed by atoms with van der Waals surface area (Å²) in [4.78, 5) is 38.6. The summed E-state index contributed by atoms with van der Waals surface area (Å²) in [7, 11) is 0. The van der Waals surface area contributed by atoms with Gasteiger partial charge >= 0.3 is 6.03 Å². The lowest BCUT2D eigenvalue weighted by atomic mass is 9.92. The lowest BCUT2D eigenvalue weighted by molar-refractivity contribution is -0.133. The maximum absolute atomic E-state index is 12.9. The second-order valence-corrected chi connectivity index (χ2v) is 7.80. The molecule has 2 aromatic rings. The molecule has 1 aliphatic heterocycles. The summed E-state index contributed by atoms with van der Waals surface area (Å²) < 4.78 is 0.800. The Kier molecular flexibility index (Phi) is 5.06. The van der Waals surface area contributed by atoms with Gasteiger partial charge in [-0.25, -0.2) is 4.79 Å². The van der Waals surface area contributed by atoms with Crippen LogP contribution in [0.3, 0.4) is 0 Å². The van der Waals surface area contributed by atoms with Crippen LogP contribution in [0.15, 0.2) is 46.9 Å². The number of amides is 4. The average Bonchev–Trinajstić information content (AvgIpc) is 2.78. The van der Waals surface area contributed by atoms with Crippen LogP contribution in [0.1, 0.15) is 23.6 Å². The van der Waals surface area contributed by atoms with E-state index in [9.17, 15) is 14.4 Å². The van der Waals surface area contributed by atoms with Crippen LogP contribution in [0.2, 0.25) is 0 Å². The highest BCUT2D eigenvalue weighted by Gasteiger charge is 2.49. The summed E-state index contributed by atoms with van der Waals surface area (Å²) in [6.45, 7) is 5.16. The van der Waals surface area contributed by atoms with Crippen LogP contribution in [-0.4, -0.2) is 29.3 Å². The molecule has 7 heteroatoms. The summed E-state index contributed by atoms with van der Waals surface area (Å²) in [5.74, 6) is -0.886. The fourth-order valence-corrected chi connectivity index (χ4v) is 3.63. The Hall–Kier alpha value is -2.67. The highest BCUT2D eigenvalue weighted by Crippen LogP contribution is 2.30. The Labute approximate surface area is 166 Å². The number of hydrogen-bond acceptors (Lipinski definition) is 3. The molecule has 140 valence electrons. The first-order valence-corrected chi connectivity index (χ1v) is 9.26. The second kappa shape index (κ2) is 7.15. The number of aryl methyl sites for hydroxylation is 2. The van der Waals surface area contributed by atoms with Crippen LogP contribution in [0.25, 0.3) is 0 Å². The number of rotatable bonds is 4. The van der Waals surface area contributed by atoms with Gasteiger partial charge in [-0.2, -0.15) is 0 Å². The zero-order valence-electron chi connectivity index (χ0n) is 15.3. The van der Waals surface area contributed by atoms with Crippen LogP contribution in [-0.2, 0) is 15.1 Å². The van der Waals surface area contributed by atoms with Crippen molar-refractivity contribution in [1.82, 2.24) is 10.2 Å². The number of benzene rings is 2. The molecule has 1 aliphatic rings. The van der Waals surface area contributed by atoms with E-state index < -0.39 is 23.4 Å². The van der Waals surface area contributed by atoms with Crippen LogP contribution in [0, 0.1) is 13.8 Å². The lowest BCUT2D eigenvalue weighted by Gasteiger charge is -2.22. The maximum Gasteiger partial charge on any atom is 0.325 e. The van der Waals surface area contributed by atoms with Crippen molar-refractivity contribution in [1.29, 1.82) is 0 Å². The molecule has 27 heavy (non-hydrogen) atoms. The third-order valence-electron chi connectivity index (χ3n) is 4.48. The minimum Gasteiger partial charge on any atom is -0.325 e. The fourth-order valence-electron chi connectivity index (χ4n) is 3.23. The lowest BCUT2D eigenvalue weighted by Crippen LogP contribution is -2.42. The van der Waals surface area contributed by atoms with Crippen molar-refractivity contribution in [2.45, 2.75) is 26.3 Å². The summed E-state index contributed by atoms with van der Waals surface area (Å²) in [5.41, 5.74) is 2.11. The smallest absolute Gasteiger partial charge is 0.325 e. The topological polar surface area (TPSA) is 78.5 Å². The van der Waals surface area contributed by atoms with Gasteiger partial charge in [0.15, 0.2) is 0 Å². The van der Waals surface area contributed by atoms with E-state index in [4.69, 9.17) is 0 Å². The molecule has 0 aromatic heterocycles. The molecule has 4 amide bonds. The van der Waals surface area contributed by atoms with Gasteiger partial charge in [-0.05, 0) is 61.7 Å². The van der Waals surface area contributed by atoms with E-state index in [1.54, 1.807) is 25.1 Å². The average molecular weight is 430 g/mol. The molecule has 0 unspecified atom stereocenters. The highest BCUT2D eigenvalue weighted by molar-refractivity contribution is 9.10. The molecule has 6 nitrogen and oxygen atoms in total. The Morgan fingerprint density at radius 3 is 2.44 bits per heavy atom.